The summed E-state index contributed by atoms with van der Waals surface area (Å²) in [5.41, 5.74) is 0.714. The molecule has 0 bridgehead atoms. The second kappa shape index (κ2) is 6.48. The van der Waals surface area contributed by atoms with Crippen LogP contribution in [0.2, 0.25) is 0 Å². The van der Waals surface area contributed by atoms with Crippen LogP contribution >= 0.6 is 0 Å². The number of likely N-dealkylation sites (tertiary alicyclic amines) is 1. The smallest absolute Gasteiger partial charge is 0.285 e. The van der Waals surface area contributed by atoms with E-state index in [9.17, 15) is 8.42 Å². The second-order valence-corrected chi connectivity index (χ2v) is 7.87. The first-order valence-corrected chi connectivity index (χ1v) is 9.81. The summed E-state index contributed by atoms with van der Waals surface area (Å²) in [6.45, 7) is 2.18. The van der Waals surface area contributed by atoms with Crippen LogP contribution < -0.4 is 4.74 Å². The SMILES string of the molecule is O=S1(=O)N=C(N2CCC(COc3ccccn3)CC2)c2ccccc21. The lowest BCUT2D eigenvalue weighted by molar-refractivity contribution is 0.177. The molecule has 1 aromatic carbocycles. The summed E-state index contributed by atoms with van der Waals surface area (Å²) in [6.07, 6.45) is 3.59. The highest BCUT2D eigenvalue weighted by atomic mass is 32.2. The van der Waals surface area contributed by atoms with Gasteiger partial charge in [0.25, 0.3) is 10.0 Å². The number of fused-ring (bicyclic) bond motifs is 1. The Morgan fingerprint density at radius 2 is 1.84 bits per heavy atom. The average molecular weight is 357 g/mol. The third-order valence-electron chi connectivity index (χ3n) is 4.63. The van der Waals surface area contributed by atoms with Crippen molar-refractivity contribution < 1.29 is 13.2 Å². The van der Waals surface area contributed by atoms with Crippen molar-refractivity contribution in [1.82, 2.24) is 9.88 Å². The van der Waals surface area contributed by atoms with Gasteiger partial charge in [0.05, 0.1) is 6.61 Å². The third kappa shape index (κ3) is 3.24. The minimum absolute atomic E-state index is 0.311. The van der Waals surface area contributed by atoms with Gasteiger partial charge in [-0.1, -0.05) is 18.2 Å². The van der Waals surface area contributed by atoms with Crippen molar-refractivity contribution in [3.8, 4) is 5.88 Å². The van der Waals surface area contributed by atoms with Crippen LogP contribution in [0.15, 0.2) is 58.0 Å². The molecule has 1 aromatic heterocycles. The Kier molecular flexibility index (Phi) is 4.17. The second-order valence-electron chi connectivity index (χ2n) is 6.30. The van der Waals surface area contributed by atoms with Crippen molar-refractivity contribution in [2.45, 2.75) is 17.7 Å². The highest BCUT2D eigenvalue weighted by Crippen LogP contribution is 2.29. The van der Waals surface area contributed by atoms with E-state index in [-0.39, 0.29) is 0 Å². The maximum atomic E-state index is 12.2. The van der Waals surface area contributed by atoms with E-state index in [0.717, 1.165) is 25.9 Å². The molecule has 2 aliphatic rings. The molecule has 0 N–H and O–H groups in total. The van der Waals surface area contributed by atoms with Crippen LogP contribution in [0, 0.1) is 5.92 Å². The largest absolute Gasteiger partial charge is 0.477 e. The molecule has 1 fully saturated rings. The van der Waals surface area contributed by atoms with Crippen molar-refractivity contribution in [2.24, 2.45) is 10.3 Å². The number of ether oxygens (including phenoxy) is 1. The molecule has 6 nitrogen and oxygen atoms in total. The van der Waals surface area contributed by atoms with Gasteiger partial charge in [-0.05, 0) is 37.0 Å². The number of hydrogen-bond donors (Lipinski definition) is 0. The fourth-order valence-corrected chi connectivity index (χ4v) is 4.49. The summed E-state index contributed by atoms with van der Waals surface area (Å²) in [5.74, 6) is 1.66. The minimum Gasteiger partial charge on any atom is -0.477 e. The zero-order valence-corrected chi connectivity index (χ0v) is 14.5. The van der Waals surface area contributed by atoms with E-state index >= 15 is 0 Å². The van der Waals surface area contributed by atoms with Crippen molar-refractivity contribution in [3.63, 3.8) is 0 Å². The van der Waals surface area contributed by atoms with E-state index in [0.29, 0.717) is 34.7 Å². The standard InChI is InChI=1S/C18H19N3O3S/c22-25(23)16-6-2-1-5-15(16)18(20-25)21-11-8-14(9-12-21)13-24-17-7-3-4-10-19-17/h1-7,10,14H,8-9,11-13H2. The maximum absolute atomic E-state index is 12.2. The van der Waals surface area contributed by atoms with Crippen molar-refractivity contribution >= 4 is 15.9 Å². The molecule has 1 saturated heterocycles. The highest BCUT2D eigenvalue weighted by molar-refractivity contribution is 7.90. The predicted octanol–water partition coefficient (Wildman–Crippen LogP) is 2.32. The number of benzene rings is 1. The Morgan fingerprint density at radius 3 is 2.60 bits per heavy atom. The van der Waals surface area contributed by atoms with Crippen LogP contribution in [-0.2, 0) is 10.0 Å². The number of rotatable bonds is 3. The van der Waals surface area contributed by atoms with Gasteiger partial charge in [0.2, 0.25) is 5.88 Å². The van der Waals surface area contributed by atoms with Gasteiger partial charge in [0, 0.05) is 30.9 Å². The van der Waals surface area contributed by atoms with Gasteiger partial charge in [-0.2, -0.15) is 8.42 Å². The van der Waals surface area contributed by atoms with Crippen LogP contribution in [-0.4, -0.2) is 43.8 Å². The topological polar surface area (TPSA) is 71.9 Å². The Hall–Kier alpha value is -2.41. The molecule has 0 aliphatic carbocycles. The molecule has 130 valence electrons. The van der Waals surface area contributed by atoms with Crippen LogP contribution in [0.1, 0.15) is 18.4 Å². The Balaban J connectivity index is 1.40. The zero-order chi connectivity index (χ0) is 17.3. The van der Waals surface area contributed by atoms with Gasteiger partial charge in [-0.3, -0.25) is 0 Å². The maximum Gasteiger partial charge on any atom is 0.285 e. The number of sulfonamides is 1. The monoisotopic (exact) mass is 357 g/mol. The molecule has 0 amide bonds. The summed E-state index contributed by atoms with van der Waals surface area (Å²) in [6, 6.07) is 12.6. The van der Waals surface area contributed by atoms with Gasteiger partial charge < -0.3 is 9.64 Å². The molecule has 0 atom stereocenters. The van der Waals surface area contributed by atoms with Gasteiger partial charge in [-0.15, -0.1) is 4.40 Å². The van der Waals surface area contributed by atoms with E-state index in [1.165, 1.54) is 0 Å². The molecule has 0 saturated carbocycles. The number of pyridine rings is 1. The molecule has 0 spiro atoms. The summed E-state index contributed by atoms with van der Waals surface area (Å²) < 4.78 is 34.1. The minimum atomic E-state index is -3.55. The Morgan fingerprint density at radius 1 is 1.08 bits per heavy atom. The number of aromatic nitrogens is 1. The van der Waals surface area contributed by atoms with Crippen molar-refractivity contribution in [3.05, 3.63) is 54.2 Å². The van der Waals surface area contributed by atoms with E-state index in [2.05, 4.69) is 14.3 Å². The van der Waals surface area contributed by atoms with Gasteiger partial charge in [0.15, 0.2) is 5.84 Å². The van der Waals surface area contributed by atoms with Crippen LogP contribution in [0.3, 0.4) is 0 Å². The Bertz CT molecular complexity index is 889. The first kappa shape index (κ1) is 16.1. The fraction of sp³-hybridized carbons (Fsp3) is 0.333. The quantitative estimate of drug-likeness (QED) is 0.843. The fourth-order valence-electron chi connectivity index (χ4n) is 3.26. The van der Waals surface area contributed by atoms with Crippen molar-refractivity contribution in [1.29, 1.82) is 0 Å². The van der Waals surface area contributed by atoms with E-state index < -0.39 is 10.0 Å². The molecule has 0 radical (unpaired) electrons. The van der Waals surface area contributed by atoms with Crippen LogP contribution in [0.4, 0.5) is 0 Å². The summed E-state index contributed by atoms with van der Waals surface area (Å²) in [5, 5.41) is 0. The predicted molar refractivity (Wildman–Crippen MR) is 94.2 cm³/mol. The number of nitrogens with zero attached hydrogens (tertiary/aromatic N) is 3. The van der Waals surface area contributed by atoms with E-state index in [4.69, 9.17) is 4.74 Å². The lowest BCUT2D eigenvalue weighted by Gasteiger charge is -2.33. The zero-order valence-electron chi connectivity index (χ0n) is 13.7. The highest BCUT2D eigenvalue weighted by Gasteiger charge is 2.33. The van der Waals surface area contributed by atoms with Crippen LogP contribution in [0.5, 0.6) is 5.88 Å². The van der Waals surface area contributed by atoms with Crippen LogP contribution in [0.25, 0.3) is 0 Å². The lowest BCUT2D eigenvalue weighted by atomic mass is 9.97. The average Bonchev–Trinajstić information content (AvgIpc) is 2.93. The third-order valence-corrected chi connectivity index (χ3v) is 5.96. The lowest BCUT2D eigenvalue weighted by Crippen LogP contribution is -2.39. The first-order chi connectivity index (χ1) is 12.1. The van der Waals surface area contributed by atoms with E-state index in [1.807, 2.05) is 30.3 Å². The normalized spacial score (nSPS) is 19.4. The van der Waals surface area contributed by atoms with Gasteiger partial charge in [-0.25, -0.2) is 4.98 Å². The van der Waals surface area contributed by atoms with E-state index in [1.54, 1.807) is 18.3 Å². The first-order valence-electron chi connectivity index (χ1n) is 8.37. The summed E-state index contributed by atoms with van der Waals surface area (Å²) in [7, 11) is -3.55. The molecule has 2 aromatic rings. The molecule has 25 heavy (non-hydrogen) atoms. The van der Waals surface area contributed by atoms with Gasteiger partial charge in [0.1, 0.15) is 4.90 Å². The summed E-state index contributed by atoms with van der Waals surface area (Å²) >= 11 is 0. The molecule has 4 rings (SSSR count). The molecule has 7 heteroatoms. The number of amidine groups is 1. The van der Waals surface area contributed by atoms with Gasteiger partial charge >= 0.3 is 0 Å². The molecule has 3 heterocycles. The Labute approximate surface area is 147 Å². The molecule has 0 unspecified atom stereocenters. The number of piperidine rings is 1. The molecule has 2 aliphatic heterocycles. The molecular formula is C18H19N3O3S. The molecular weight excluding hydrogens is 338 g/mol. The summed E-state index contributed by atoms with van der Waals surface area (Å²) in [4.78, 5) is 6.54. The van der Waals surface area contributed by atoms with Crippen molar-refractivity contribution in [2.75, 3.05) is 19.7 Å². The number of hydrogen-bond acceptors (Lipinski definition) is 5.